The lowest BCUT2D eigenvalue weighted by Crippen LogP contribution is -2.33. The Kier molecular flexibility index (Phi) is 5.12. The van der Waals surface area contributed by atoms with Crippen LogP contribution in [0.2, 0.25) is 0 Å². The summed E-state index contributed by atoms with van der Waals surface area (Å²) in [6, 6.07) is 15.3. The Morgan fingerprint density at radius 2 is 1.81 bits per heavy atom. The Hall–Kier alpha value is -2.13. The van der Waals surface area contributed by atoms with Crippen molar-refractivity contribution in [3.05, 3.63) is 65.2 Å². The number of para-hydroxylation sites is 1. The van der Waals surface area contributed by atoms with Crippen molar-refractivity contribution in [2.75, 3.05) is 7.11 Å². The molecule has 0 aliphatic carbocycles. The van der Waals surface area contributed by atoms with E-state index in [4.69, 9.17) is 4.74 Å². The van der Waals surface area contributed by atoms with Crippen molar-refractivity contribution in [3.8, 4) is 5.75 Å². The summed E-state index contributed by atoms with van der Waals surface area (Å²) in [6.45, 7) is 4.61. The molecule has 0 bridgehead atoms. The highest BCUT2D eigenvalue weighted by molar-refractivity contribution is 6.02. The van der Waals surface area contributed by atoms with Crippen LogP contribution in [0.5, 0.6) is 5.75 Å². The largest absolute Gasteiger partial charge is 0.496 e. The summed E-state index contributed by atoms with van der Waals surface area (Å²) in [7, 11) is 1.58. The monoisotopic (exact) mass is 283 g/mol. The van der Waals surface area contributed by atoms with Crippen LogP contribution in [0.15, 0.2) is 48.5 Å². The van der Waals surface area contributed by atoms with Crippen molar-refractivity contribution in [1.82, 2.24) is 5.32 Å². The number of nitrogens with one attached hydrogen (secondary N) is 1. The molecule has 0 amide bonds. The van der Waals surface area contributed by atoms with Gasteiger partial charge in [0, 0.05) is 6.54 Å². The van der Waals surface area contributed by atoms with Crippen LogP contribution in [-0.4, -0.2) is 18.9 Å². The zero-order chi connectivity index (χ0) is 15.2. The fraction of sp³-hybridized carbons (Fsp3) is 0.278. The molecule has 3 nitrogen and oxygen atoms in total. The van der Waals surface area contributed by atoms with Crippen LogP contribution in [0.25, 0.3) is 0 Å². The maximum Gasteiger partial charge on any atom is 0.183 e. The van der Waals surface area contributed by atoms with Crippen LogP contribution < -0.4 is 10.1 Å². The first kappa shape index (κ1) is 15.3. The molecule has 3 heteroatoms. The average Bonchev–Trinajstić information content (AvgIpc) is 2.53. The minimum atomic E-state index is -0.261. The molecule has 0 saturated carbocycles. The van der Waals surface area contributed by atoms with E-state index in [1.165, 1.54) is 11.1 Å². The van der Waals surface area contributed by atoms with Crippen molar-refractivity contribution in [2.24, 2.45) is 0 Å². The number of carbonyl (C=O) groups excluding carboxylic acids is 1. The normalized spacial score (nSPS) is 12.0. The standard InChI is InChI=1S/C18H21NO2/c1-13-8-10-15(11-9-13)12-19-14(2)18(20)16-6-4-5-7-17(16)21-3/h4-11,14,19H,12H2,1-3H3. The Labute approximate surface area is 126 Å². The van der Waals surface area contributed by atoms with E-state index in [1.54, 1.807) is 19.2 Å². The summed E-state index contributed by atoms with van der Waals surface area (Å²) in [5, 5.41) is 3.26. The molecular weight excluding hydrogens is 262 g/mol. The molecule has 2 aromatic carbocycles. The first-order valence-electron chi connectivity index (χ1n) is 7.08. The summed E-state index contributed by atoms with van der Waals surface area (Å²) >= 11 is 0. The van der Waals surface area contributed by atoms with Gasteiger partial charge in [-0.25, -0.2) is 0 Å². The predicted molar refractivity (Wildman–Crippen MR) is 84.8 cm³/mol. The van der Waals surface area contributed by atoms with E-state index in [-0.39, 0.29) is 11.8 Å². The Morgan fingerprint density at radius 3 is 2.48 bits per heavy atom. The number of rotatable bonds is 6. The number of ketones is 1. The summed E-state index contributed by atoms with van der Waals surface area (Å²) in [4.78, 5) is 12.5. The highest BCUT2D eigenvalue weighted by Gasteiger charge is 2.18. The van der Waals surface area contributed by atoms with Gasteiger partial charge in [0.2, 0.25) is 0 Å². The van der Waals surface area contributed by atoms with Crippen LogP contribution in [0.4, 0.5) is 0 Å². The average molecular weight is 283 g/mol. The van der Waals surface area contributed by atoms with E-state index in [1.807, 2.05) is 19.1 Å². The van der Waals surface area contributed by atoms with Crippen LogP contribution in [-0.2, 0) is 6.54 Å². The summed E-state index contributed by atoms with van der Waals surface area (Å²) in [5.74, 6) is 0.658. The maximum absolute atomic E-state index is 12.5. The van der Waals surface area contributed by atoms with E-state index in [0.717, 1.165) is 0 Å². The topological polar surface area (TPSA) is 38.3 Å². The van der Waals surface area contributed by atoms with Gasteiger partial charge in [-0.2, -0.15) is 0 Å². The Morgan fingerprint density at radius 1 is 1.14 bits per heavy atom. The zero-order valence-corrected chi connectivity index (χ0v) is 12.7. The molecule has 0 aromatic heterocycles. The molecular formula is C18H21NO2. The molecule has 0 saturated heterocycles. The van der Waals surface area contributed by atoms with Gasteiger partial charge in [-0.15, -0.1) is 0 Å². The van der Waals surface area contributed by atoms with Gasteiger partial charge < -0.3 is 10.1 Å². The number of aryl methyl sites for hydroxylation is 1. The predicted octanol–water partition coefficient (Wildman–Crippen LogP) is 3.36. The van der Waals surface area contributed by atoms with Gasteiger partial charge in [-0.3, -0.25) is 4.79 Å². The van der Waals surface area contributed by atoms with Crippen molar-refractivity contribution < 1.29 is 9.53 Å². The van der Waals surface area contributed by atoms with Gasteiger partial charge in [-0.1, -0.05) is 42.0 Å². The third-order valence-electron chi connectivity index (χ3n) is 3.50. The van der Waals surface area contributed by atoms with Gasteiger partial charge in [0.25, 0.3) is 0 Å². The van der Waals surface area contributed by atoms with Crippen LogP contribution in [0.3, 0.4) is 0 Å². The van der Waals surface area contributed by atoms with E-state index >= 15 is 0 Å². The third kappa shape index (κ3) is 3.92. The molecule has 0 fully saturated rings. The second-order valence-corrected chi connectivity index (χ2v) is 5.15. The first-order valence-corrected chi connectivity index (χ1v) is 7.08. The molecule has 2 rings (SSSR count). The third-order valence-corrected chi connectivity index (χ3v) is 3.50. The van der Waals surface area contributed by atoms with E-state index in [2.05, 4.69) is 36.5 Å². The molecule has 110 valence electrons. The van der Waals surface area contributed by atoms with E-state index in [9.17, 15) is 4.79 Å². The lowest BCUT2D eigenvalue weighted by molar-refractivity contribution is 0.0947. The molecule has 0 aliphatic rings. The highest BCUT2D eigenvalue weighted by atomic mass is 16.5. The molecule has 1 unspecified atom stereocenters. The lowest BCUT2D eigenvalue weighted by Gasteiger charge is -2.15. The van der Waals surface area contributed by atoms with Crippen molar-refractivity contribution in [3.63, 3.8) is 0 Å². The second kappa shape index (κ2) is 7.04. The molecule has 1 N–H and O–H groups in total. The van der Waals surface area contributed by atoms with Gasteiger partial charge in [-0.05, 0) is 31.5 Å². The highest BCUT2D eigenvalue weighted by Crippen LogP contribution is 2.19. The molecule has 0 spiro atoms. The fourth-order valence-corrected chi connectivity index (χ4v) is 2.15. The van der Waals surface area contributed by atoms with Gasteiger partial charge in [0.15, 0.2) is 5.78 Å². The summed E-state index contributed by atoms with van der Waals surface area (Å²) in [6.07, 6.45) is 0. The maximum atomic E-state index is 12.5. The van der Waals surface area contributed by atoms with Crippen LogP contribution in [0.1, 0.15) is 28.4 Å². The minimum absolute atomic E-state index is 0.0413. The van der Waals surface area contributed by atoms with Gasteiger partial charge >= 0.3 is 0 Å². The molecule has 2 aromatic rings. The number of hydrogen-bond donors (Lipinski definition) is 1. The zero-order valence-electron chi connectivity index (χ0n) is 12.7. The van der Waals surface area contributed by atoms with E-state index < -0.39 is 0 Å². The molecule has 21 heavy (non-hydrogen) atoms. The van der Waals surface area contributed by atoms with Gasteiger partial charge in [0.1, 0.15) is 5.75 Å². The van der Waals surface area contributed by atoms with E-state index in [0.29, 0.717) is 17.9 Å². The van der Waals surface area contributed by atoms with Crippen LogP contribution in [0, 0.1) is 6.92 Å². The van der Waals surface area contributed by atoms with Crippen molar-refractivity contribution >= 4 is 5.78 Å². The minimum Gasteiger partial charge on any atom is -0.496 e. The van der Waals surface area contributed by atoms with Crippen molar-refractivity contribution in [2.45, 2.75) is 26.4 Å². The SMILES string of the molecule is COc1ccccc1C(=O)C(C)NCc1ccc(C)cc1. The molecule has 0 aliphatic heterocycles. The second-order valence-electron chi connectivity index (χ2n) is 5.15. The summed E-state index contributed by atoms with van der Waals surface area (Å²) in [5.41, 5.74) is 3.01. The molecule has 1 atom stereocenters. The Bertz CT molecular complexity index is 605. The number of methoxy groups -OCH3 is 1. The smallest absolute Gasteiger partial charge is 0.183 e. The number of carbonyl (C=O) groups is 1. The lowest BCUT2D eigenvalue weighted by atomic mass is 10.0. The Balaban J connectivity index is 2.01. The quantitative estimate of drug-likeness (QED) is 0.826. The summed E-state index contributed by atoms with van der Waals surface area (Å²) < 4.78 is 5.24. The number of hydrogen-bond acceptors (Lipinski definition) is 3. The van der Waals surface area contributed by atoms with Gasteiger partial charge in [0.05, 0.1) is 18.7 Å². The first-order chi connectivity index (χ1) is 10.1. The number of ether oxygens (including phenoxy) is 1. The fourth-order valence-electron chi connectivity index (χ4n) is 2.15. The molecule has 0 radical (unpaired) electrons. The van der Waals surface area contributed by atoms with Crippen LogP contribution >= 0.6 is 0 Å². The number of Topliss-reactive ketones (excluding diaryl/α,β-unsaturated/α-hetero) is 1. The van der Waals surface area contributed by atoms with Crippen molar-refractivity contribution in [1.29, 1.82) is 0 Å². The molecule has 0 heterocycles. The number of benzene rings is 2.